The van der Waals surface area contributed by atoms with Crippen molar-refractivity contribution in [1.29, 1.82) is 0 Å². The van der Waals surface area contributed by atoms with E-state index in [1.807, 2.05) is 0 Å². The monoisotopic (exact) mass is 208 g/mol. The summed E-state index contributed by atoms with van der Waals surface area (Å²) in [7, 11) is 0. The molecule has 0 spiro atoms. The number of nitrogens with zero attached hydrogens (tertiary/aromatic N) is 1. The fourth-order valence-corrected chi connectivity index (χ4v) is 2.45. The van der Waals surface area contributed by atoms with E-state index in [1.54, 1.807) is 0 Å². The van der Waals surface area contributed by atoms with E-state index in [4.69, 9.17) is 12.2 Å². The third kappa shape index (κ3) is 4.24. The number of unbranched alkanes of at least 4 members (excludes halogenated alkanes) is 1. The lowest BCUT2D eigenvalue weighted by Crippen LogP contribution is -2.41. The number of nitrogens with two attached hydrogens (primary N) is 1. The molecule has 0 amide bonds. The summed E-state index contributed by atoms with van der Waals surface area (Å²) in [5, 5.41) is 0. The van der Waals surface area contributed by atoms with Crippen LogP contribution < -0.4 is 5.73 Å². The van der Waals surface area contributed by atoms with Crippen molar-refractivity contribution >= 4 is 0 Å². The topological polar surface area (TPSA) is 29.3 Å². The van der Waals surface area contributed by atoms with Crippen molar-refractivity contribution < 1.29 is 0 Å². The van der Waals surface area contributed by atoms with Gasteiger partial charge in [0, 0.05) is 18.5 Å². The summed E-state index contributed by atoms with van der Waals surface area (Å²) in [6, 6.07) is 1.21. The van der Waals surface area contributed by atoms with Crippen LogP contribution in [0.3, 0.4) is 0 Å². The third-order valence-corrected chi connectivity index (χ3v) is 3.43. The lowest BCUT2D eigenvalue weighted by atomic mass is 9.90. The maximum Gasteiger partial charge on any atom is 0.00982 e. The Hall–Kier alpha value is -0.520. The van der Waals surface area contributed by atoms with Gasteiger partial charge in [-0.25, -0.2) is 0 Å². The Morgan fingerprint density at radius 3 is 2.53 bits per heavy atom. The molecule has 0 heterocycles. The first-order valence-corrected chi connectivity index (χ1v) is 6.21. The van der Waals surface area contributed by atoms with Crippen molar-refractivity contribution in [1.82, 2.24) is 4.90 Å². The Kier molecular flexibility index (Phi) is 5.75. The Morgan fingerprint density at radius 2 is 2.00 bits per heavy atom. The minimum absolute atomic E-state index is 0.450. The molecule has 2 N–H and O–H groups in total. The van der Waals surface area contributed by atoms with E-state index in [0.29, 0.717) is 6.04 Å². The zero-order chi connectivity index (χ0) is 11.1. The summed E-state index contributed by atoms with van der Waals surface area (Å²) in [6.07, 6.45) is 12.2. The van der Waals surface area contributed by atoms with Crippen molar-refractivity contribution in [3.05, 3.63) is 0 Å². The summed E-state index contributed by atoms with van der Waals surface area (Å²) in [6.45, 7) is 4.54. The molecular weight excluding hydrogens is 184 g/mol. The Bertz CT molecular complexity index is 199. The van der Waals surface area contributed by atoms with Crippen LogP contribution in [0.4, 0.5) is 0 Å². The Labute approximate surface area is 94.2 Å². The number of rotatable bonds is 5. The van der Waals surface area contributed by atoms with Gasteiger partial charge in [0.15, 0.2) is 0 Å². The maximum absolute atomic E-state index is 5.92. The molecule has 2 heteroatoms. The number of hydrogen-bond acceptors (Lipinski definition) is 2. The van der Waals surface area contributed by atoms with Gasteiger partial charge in [0.25, 0.3) is 0 Å². The number of hydrogen-bond donors (Lipinski definition) is 1. The molecule has 0 unspecified atom stereocenters. The van der Waals surface area contributed by atoms with Crippen molar-refractivity contribution in [2.24, 2.45) is 5.73 Å². The minimum atomic E-state index is 0.450. The summed E-state index contributed by atoms with van der Waals surface area (Å²) in [5.74, 6) is 2.71. The van der Waals surface area contributed by atoms with Crippen molar-refractivity contribution in [2.45, 2.75) is 57.5 Å². The molecule has 0 aromatic heterocycles. The van der Waals surface area contributed by atoms with Crippen LogP contribution in [-0.4, -0.2) is 30.1 Å². The molecule has 2 nitrogen and oxygen atoms in total. The first-order valence-electron chi connectivity index (χ1n) is 6.21. The van der Waals surface area contributed by atoms with Crippen molar-refractivity contribution in [3.63, 3.8) is 0 Å². The van der Waals surface area contributed by atoms with Crippen LogP contribution in [0.5, 0.6) is 0 Å². The van der Waals surface area contributed by atoms with E-state index in [2.05, 4.69) is 17.7 Å². The van der Waals surface area contributed by atoms with Gasteiger partial charge < -0.3 is 10.6 Å². The quantitative estimate of drug-likeness (QED) is 0.553. The van der Waals surface area contributed by atoms with Gasteiger partial charge in [0.05, 0.1) is 0 Å². The molecule has 0 aromatic rings. The van der Waals surface area contributed by atoms with E-state index in [0.717, 1.165) is 32.0 Å². The summed E-state index contributed by atoms with van der Waals surface area (Å²) in [4.78, 5) is 2.57. The van der Waals surface area contributed by atoms with Crippen molar-refractivity contribution in [3.8, 4) is 12.3 Å². The predicted molar refractivity (Wildman–Crippen MR) is 65.5 cm³/mol. The first-order chi connectivity index (χ1) is 7.27. The molecule has 0 aromatic carbocycles. The van der Waals surface area contributed by atoms with Crippen LogP contribution in [0.2, 0.25) is 0 Å². The molecule has 0 bridgehead atoms. The van der Waals surface area contributed by atoms with Gasteiger partial charge in [-0.3, -0.25) is 0 Å². The van der Waals surface area contributed by atoms with Gasteiger partial charge >= 0.3 is 0 Å². The fraction of sp³-hybridized carbons (Fsp3) is 0.846. The van der Waals surface area contributed by atoms with Crippen LogP contribution in [0.25, 0.3) is 0 Å². The molecule has 0 radical (unpaired) electrons. The Morgan fingerprint density at radius 1 is 1.33 bits per heavy atom. The molecule has 0 atom stereocenters. The standard InChI is InChI=1S/C13H24N2/c1-3-5-6-11-15(4-2)13-9-7-12(14)8-10-13/h1,12-13H,4-11,14H2,2H3. The van der Waals surface area contributed by atoms with E-state index in [-0.39, 0.29) is 0 Å². The highest BCUT2D eigenvalue weighted by atomic mass is 15.1. The molecule has 15 heavy (non-hydrogen) atoms. The van der Waals surface area contributed by atoms with Crippen LogP contribution in [0.1, 0.15) is 45.4 Å². The SMILES string of the molecule is C#CCCCN(CC)C1CCC(N)CC1. The highest BCUT2D eigenvalue weighted by Crippen LogP contribution is 2.22. The van der Waals surface area contributed by atoms with Gasteiger partial charge in [0.1, 0.15) is 0 Å². The molecule has 1 aliphatic carbocycles. The summed E-state index contributed by atoms with van der Waals surface area (Å²) < 4.78 is 0. The first kappa shape index (κ1) is 12.5. The van der Waals surface area contributed by atoms with Gasteiger partial charge in [-0.05, 0) is 45.2 Å². The minimum Gasteiger partial charge on any atom is -0.328 e. The van der Waals surface area contributed by atoms with Gasteiger partial charge in [0.2, 0.25) is 0 Å². The zero-order valence-electron chi connectivity index (χ0n) is 9.91. The average Bonchev–Trinajstić information content (AvgIpc) is 2.26. The van der Waals surface area contributed by atoms with E-state index in [9.17, 15) is 0 Å². The largest absolute Gasteiger partial charge is 0.328 e. The highest BCUT2D eigenvalue weighted by Gasteiger charge is 2.22. The molecule has 0 saturated heterocycles. The second kappa shape index (κ2) is 6.87. The van der Waals surface area contributed by atoms with E-state index >= 15 is 0 Å². The van der Waals surface area contributed by atoms with Gasteiger partial charge in [-0.1, -0.05) is 6.92 Å². The second-order valence-corrected chi connectivity index (χ2v) is 4.50. The van der Waals surface area contributed by atoms with Crippen molar-refractivity contribution in [2.75, 3.05) is 13.1 Å². The molecule has 0 aliphatic heterocycles. The predicted octanol–water partition coefficient (Wildman–Crippen LogP) is 1.99. The third-order valence-electron chi connectivity index (χ3n) is 3.43. The molecule has 1 fully saturated rings. The normalized spacial score (nSPS) is 26.5. The second-order valence-electron chi connectivity index (χ2n) is 4.50. The van der Waals surface area contributed by atoms with Crippen LogP contribution in [0, 0.1) is 12.3 Å². The molecule has 1 rings (SSSR count). The average molecular weight is 208 g/mol. The lowest BCUT2D eigenvalue weighted by Gasteiger charge is -2.35. The summed E-state index contributed by atoms with van der Waals surface area (Å²) in [5.41, 5.74) is 5.92. The van der Waals surface area contributed by atoms with E-state index < -0.39 is 0 Å². The lowest BCUT2D eigenvalue weighted by molar-refractivity contribution is 0.156. The summed E-state index contributed by atoms with van der Waals surface area (Å²) >= 11 is 0. The van der Waals surface area contributed by atoms with Gasteiger partial charge in [-0.15, -0.1) is 12.3 Å². The zero-order valence-corrected chi connectivity index (χ0v) is 9.91. The van der Waals surface area contributed by atoms with Crippen LogP contribution in [0.15, 0.2) is 0 Å². The fourth-order valence-electron chi connectivity index (χ4n) is 2.45. The molecule has 86 valence electrons. The smallest absolute Gasteiger partial charge is 0.00982 e. The molecule has 1 aliphatic rings. The number of terminal acetylenes is 1. The van der Waals surface area contributed by atoms with Crippen LogP contribution in [-0.2, 0) is 0 Å². The van der Waals surface area contributed by atoms with Gasteiger partial charge in [-0.2, -0.15) is 0 Å². The van der Waals surface area contributed by atoms with E-state index in [1.165, 1.54) is 25.7 Å². The van der Waals surface area contributed by atoms with Crippen LogP contribution >= 0.6 is 0 Å². The Balaban J connectivity index is 2.28. The maximum atomic E-state index is 5.92. The highest BCUT2D eigenvalue weighted by molar-refractivity contribution is 4.85. The molecule has 1 saturated carbocycles. The molecular formula is C13H24N2.